The Hall–Kier alpha value is -3.36. The molecule has 2 heteroatoms. The fourth-order valence-electron chi connectivity index (χ4n) is 4.45. The molecule has 3 aromatic rings. The zero-order chi connectivity index (χ0) is 24.1. The van der Waals surface area contributed by atoms with E-state index in [0.717, 1.165) is 34.9 Å². The van der Waals surface area contributed by atoms with Crippen molar-refractivity contribution in [3.63, 3.8) is 0 Å². The van der Waals surface area contributed by atoms with Gasteiger partial charge in [0, 0.05) is 16.7 Å². The smallest absolute Gasteiger partial charge is 0.143 e. The number of benzene rings is 3. The molecule has 0 unspecified atom stereocenters. The van der Waals surface area contributed by atoms with E-state index in [2.05, 4.69) is 42.7 Å². The van der Waals surface area contributed by atoms with E-state index in [1.54, 1.807) is 0 Å². The Bertz CT molecular complexity index is 1260. The summed E-state index contributed by atoms with van der Waals surface area (Å²) in [5.74, 6) is 11.6. The molecule has 1 aliphatic rings. The van der Waals surface area contributed by atoms with Crippen molar-refractivity contribution in [2.24, 2.45) is 11.8 Å². The predicted octanol–water partition coefficient (Wildman–Crippen LogP) is 7.75. The standard InChI is InChI=1S/C32H30F2/c1-22-4-7-27(8-5-22)19-28-12-10-25(11-13-28)16-17-30-31(33)20-29(21-32(30)34)15-14-26-9-6-23(2)24(3)18-26/h6,9-13,18,20-22,27H,4-5,7-8,19H2,1-3H3. The van der Waals surface area contributed by atoms with Crippen LogP contribution in [0.25, 0.3) is 0 Å². The van der Waals surface area contributed by atoms with Crippen LogP contribution in [0.15, 0.2) is 54.6 Å². The maximum absolute atomic E-state index is 14.6. The Morgan fingerprint density at radius 2 is 1.26 bits per heavy atom. The molecule has 1 fully saturated rings. The van der Waals surface area contributed by atoms with Gasteiger partial charge in [-0.05, 0) is 98.0 Å². The first-order valence-corrected chi connectivity index (χ1v) is 12.1. The van der Waals surface area contributed by atoms with Crippen LogP contribution in [-0.4, -0.2) is 0 Å². The van der Waals surface area contributed by atoms with Gasteiger partial charge in [-0.25, -0.2) is 8.78 Å². The highest BCUT2D eigenvalue weighted by Gasteiger charge is 2.18. The summed E-state index contributed by atoms with van der Waals surface area (Å²) in [5, 5.41) is 0. The van der Waals surface area contributed by atoms with Gasteiger partial charge in [0.05, 0.1) is 5.56 Å². The highest BCUT2D eigenvalue weighted by atomic mass is 19.1. The van der Waals surface area contributed by atoms with Gasteiger partial charge in [0.15, 0.2) is 0 Å². The second-order valence-corrected chi connectivity index (χ2v) is 9.64. The Labute approximate surface area is 202 Å². The maximum atomic E-state index is 14.6. The van der Waals surface area contributed by atoms with Gasteiger partial charge in [-0.2, -0.15) is 0 Å². The van der Waals surface area contributed by atoms with Gasteiger partial charge in [-0.15, -0.1) is 0 Å². The molecule has 0 spiro atoms. The molecule has 4 rings (SSSR count). The van der Waals surface area contributed by atoms with Crippen LogP contribution in [0.2, 0.25) is 0 Å². The lowest BCUT2D eigenvalue weighted by atomic mass is 9.80. The summed E-state index contributed by atoms with van der Waals surface area (Å²) in [4.78, 5) is 0. The van der Waals surface area contributed by atoms with Crippen LogP contribution in [-0.2, 0) is 6.42 Å². The number of rotatable bonds is 2. The number of halogens is 2. The lowest BCUT2D eigenvalue weighted by molar-refractivity contribution is 0.289. The molecule has 172 valence electrons. The third-order valence-electron chi connectivity index (χ3n) is 6.85. The van der Waals surface area contributed by atoms with Gasteiger partial charge < -0.3 is 0 Å². The van der Waals surface area contributed by atoms with Gasteiger partial charge in [0.2, 0.25) is 0 Å². The molecule has 34 heavy (non-hydrogen) atoms. The van der Waals surface area contributed by atoms with Gasteiger partial charge in [0.1, 0.15) is 11.6 Å². The van der Waals surface area contributed by atoms with E-state index >= 15 is 0 Å². The molecule has 0 nitrogen and oxygen atoms in total. The topological polar surface area (TPSA) is 0 Å². The maximum Gasteiger partial charge on any atom is 0.143 e. The van der Waals surface area contributed by atoms with Crippen molar-refractivity contribution in [2.45, 2.75) is 52.9 Å². The van der Waals surface area contributed by atoms with Crippen molar-refractivity contribution in [3.05, 3.63) is 105 Å². The van der Waals surface area contributed by atoms with Crippen molar-refractivity contribution in [2.75, 3.05) is 0 Å². The van der Waals surface area contributed by atoms with Crippen molar-refractivity contribution < 1.29 is 8.78 Å². The molecule has 0 heterocycles. The van der Waals surface area contributed by atoms with Crippen molar-refractivity contribution in [1.29, 1.82) is 0 Å². The Morgan fingerprint density at radius 1 is 0.676 bits per heavy atom. The monoisotopic (exact) mass is 452 g/mol. The molecule has 0 bridgehead atoms. The summed E-state index contributed by atoms with van der Waals surface area (Å²) in [6.07, 6.45) is 6.33. The molecule has 3 aromatic carbocycles. The highest BCUT2D eigenvalue weighted by molar-refractivity contribution is 5.50. The summed E-state index contributed by atoms with van der Waals surface area (Å²) in [5.41, 5.74) is 5.24. The second-order valence-electron chi connectivity index (χ2n) is 9.64. The molecule has 1 aliphatic carbocycles. The highest BCUT2D eigenvalue weighted by Crippen LogP contribution is 2.30. The van der Waals surface area contributed by atoms with E-state index in [-0.39, 0.29) is 5.56 Å². The molecule has 0 radical (unpaired) electrons. The van der Waals surface area contributed by atoms with Crippen molar-refractivity contribution in [3.8, 4) is 23.7 Å². The Morgan fingerprint density at radius 3 is 1.91 bits per heavy atom. The molecular formula is C32H30F2. The molecule has 0 atom stereocenters. The van der Waals surface area contributed by atoms with E-state index in [4.69, 9.17) is 0 Å². The molecule has 1 saturated carbocycles. The quantitative estimate of drug-likeness (QED) is 0.349. The van der Waals surface area contributed by atoms with Gasteiger partial charge in [0.25, 0.3) is 0 Å². The number of aryl methyl sites for hydroxylation is 2. The summed E-state index contributed by atoms with van der Waals surface area (Å²) >= 11 is 0. The lowest BCUT2D eigenvalue weighted by Crippen LogP contribution is -2.14. The van der Waals surface area contributed by atoms with Crippen LogP contribution in [0, 0.1) is 61.0 Å². The summed E-state index contributed by atoms with van der Waals surface area (Å²) in [6.45, 7) is 6.38. The number of hydrogen-bond donors (Lipinski definition) is 0. The summed E-state index contributed by atoms with van der Waals surface area (Å²) < 4.78 is 29.2. The van der Waals surface area contributed by atoms with Crippen molar-refractivity contribution in [1.82, 2.24) is 0 Å². The van der Waals surface area contributed by atoms with Crippen LogP contribution in [0.1, 0.15) is 71.6 Å². The molecule has 0 N–H and O–H groups in total. The molecule has 0 aliphatic heterocycles. The second kappa shape index (κ2) is 10.7. The first-order chi connectivity index (χ1) is 16.4. The van der Waals surface area contributed by atoms with Crippen LogP contribution < -0.4 is 0 Å². The van der Waals surface area contributed by atoms with E-state index < -0.39 is 11.6 Å². The van der Waals surface area contributed by atoms with Gasteiger partial charge in [-0.1, -0.05) is 61.6 Å². The van der Waals surface area contributed by atoms with Crippen LogP contribution in [0.4, 0.5) is 8.78 Å². The van der Waals surface area contributed by atoms with E-state index in [1.807, 2.05) is 44.2 Å². The lowest BCUT2D eigenvalue weighted by Gasteiger charge is -2.26. The first-order valence-electron chi connectivity index (χ1n) is 12.1. The predicted molar refractivity (Wildman–Crippen MR) is 136 cm³/mol. The first kappa shape index (κ1) is 23.8. The minimum absolute atomic E-state index is 0.225. The molecule has 0 aromatic heterocycles. The third-order valence-corrected chi connectivity index (χ3v) is 6.85. The fraction of sp³-hybridized carbons (Fsp3) is 0.312. The van der Waals surface area contributed by atoms with Crippen LogP contribution in [0.5, 0.6) is 0 Å². The molecule has 0 saturated heterocycles. The molecular weight excluding hydrogens is 422 g/mol. The van der Waals surface area contributed by atoms with Gasteiger partial charge in [-0.3, -0.25) is 0 Å². The normalized spacial score (nSPS) is 17.3. The third kappa shape index (κ3) is 6.15. The average molecular weight is 453 g/mol. The van der Waals surface area contributed by atoms with Crippen molar-refractivity contribution >= 4 is 0 Å². The van der Waals surface area contributed by atoms with Crippen LogP contribution in [0.3, 0.4) is 0 Å². The Kier molecular flexibility index (Phi) is 7.49. The Balaban J connectivity index is 1.45. The average Bonchev–Trinajstić information content (AvgIpc) is 2.82. The minimum atomic E-state index is -0.694. The SMILES string of the molecule is Cc1ccc(C#Cc2cc(F)c(C#Cc3ccc(CC4CCC(C)CC4)cc3)c(F)c2)cc1C. The molecule has 0 amide bonds. The summed E-state index contributed by atoms with van der Waals surface area (Å²) in [6, 6.07) is 16.4. The van der Waals surface area contributed by atoms with E-state index in [1.165, 1.54) is 48.9 Å². The number of hydrogen-bond acceptors (Lipinski definition) is 0. The summed E-state index contributed by atoms with van der Waals surface area (Å²) in [7, 11) is 0. The minimum Gasteiger partial charge on any atom is -0.205 e. The van der Waals surface area contributed by atoms with Gasteiger partial charge >= 0.3 is 0 Å². The largest absolute Gasteiger partial charge is 0.205 e. The van der Waals surface area contributed by atoms with Crippen LogP contribution >= 0.6 is 0 Å². The zero-order valence-electron chi connectivity index (χ0n) is 20.1. The van der Waals surface area contributed by atoms with E-state index in [0.29, 0.717) is 5.56 Å². The zero-order valence-corrected chi connectivity index (χ0v) is 20.1. The van der Waals surface area contributed by atoms with E-state index in [9.17, 15) is 8.78 Å². The fourth-order valence-corrected chi connectivity index (χ4v) is 4.45.